The maximum Gasteiger partial charge on any atom is 0.225 e. The Kier molecular flexibility index (Phi) is 4.46. The van der Waals surface area contributed by atoms with Crippen LogP contribution in [0, 0.1) is 0 Å². The van der Waals surface area contributed by atoms with Crippen LogP contribution < -0.4 is 19.7 Å². The number of aromatic nitrogens is 2. The Bertz CT molecular complexity index is 680. The molecule has 1 aromatic heterocycles. The van der Waals surface area contributed by atoms with E-state index in [9.17, 15) is 0 Å². The van der Waals surface area contributed by atoms with Crippen molar-refractivity contribution in [3.63, 3.8) is 0 Å². The van der Waals surface area contributed by atoms with Crippen LogP contribution in [0.15, 0.2) is 36.7 Å². The lowest BCUT2D eigenvalue weighted by Crippen LogP contribution is -2.46. The molecule has 0 bridgehead atoms. The minimum absolute atomic E-state index is 0.419. The van der Waals surface area contributed by atoms with Gasteiger partial charge in [-0.3, -0.25) is 0 Å². The van der Waals surface area contributed by atoms with Crippen LogP contribution in [0.1, 0.15) is 18.4 Å². The molecule has 0 spiro atoms. The Morgan fingerprint density at radius 3 is 2.92 bits per heavy atom. The number of nitrogens with zero attached hydrogens (tertiary/aromatic N) is 3. The van der Waals surface area contributed by atoms with Gasteiger partial charge in [0.25, 0.3) is 0 Å². The fraction of sp³-hybridized carbons (Fsp3) is 0.444. The van der Waals surface area contributed by atoms with Crippen molar-refractivity contribution in [3.05, 3.63) is 42.2 Å². The standard InChI is InChI=1S/C18H22N4O2/c1-4-14(17-16(6-1)23-10-11-24-17)12-21-15-5-2-9-22(13-15)18-19-7-3-8-20-18/h1,3-4,6-8,15,21H,2,5,9-13H2/t15-/m0/s1. The van der Waals surface area contributed by atoms with E-state index < -0.39 is 0 Å². The van der Waals surface area contributed by atoms with Crippen molar-refractivity contribution in [1.82, 2.24) is 15.3 Å². The third-order valence-electron chi connectivity index (χ3n) is 4.49. The van der Waals surface area contributed by atoms with E-state index in [1.54, 1.807) is 12.4 Å². The number of rotatable bonds is 4. The van der Waals surface area contributed by atoms with Gasteiger partial charge in [0.15, 0.2) is 11.5 Å². The van der Waals surface area contributed by atoms with Gasteiger partial charge in [-0.1, -0.05) is 12.1 Å². The Labute approximate surface area is 141 Å². The minimum Gasteiger partial charge on any atom is -0.486 e. The molecule has 3 heterocycles. The van der Waals surface area contributed by atoms with Gasteiger partial charge in [0, 0.05) is 43.6 Å². The summed E-state index contributed by atoms with van der Waals surface area (Å²) in [5.74, 6) is 2.55. The van der Waals surface area contributed by atoms with Gasteiger partial charge in [0.05, 0.1) is 0 Å². The average molecular weight is 326 g/mol. The second-order valence-corrected chi connectivity index (χ2v) is 6.16. The zero-order valence-corrected chi connectivity index (χ0v) is 13.6. The number of ether oxygens (including phenoxy) is 2. The van der Waals surface area contributed by atoms with Gasteiger partial charge < -0.3 is 19.7 Å². The monoisotopic (exact) mass is 326 g/mol. The third-order valence-corrected chi connectivity index (χ3v) is 4.49. The number of nitrogens with one attached hydrogen (secondary N) is 1. The maximum absolute atomic E-state index is 5.79. The first-order chi connectivity index (χ1) is 11.9. The number of hydrogen-bond acceptors (Lipinski definition) is 6. The zero-order valence-electron chi connectivity index (χ0n) is 13.6. The number of fused-ring (bicyclic) bond motifs is 1. The molecular formula is C18H22N4O2. The lowest BCUT2D eigenvalue weighted by atomic mass is 10.1. The third kappa shape index (κ3) is 3.28. The molecule has 6 nitrogen and oxygen atoms in total. The summed E-state index contributed by atoms with van der Waals surface area (Å²) in [4.78, 5) is 11.0. The first kappa shape index (κ1) is 15.2. The highest BCUT2D eigenvalue weighted by Crippen LogP contribution is 2.33. The first-order valence-corrected chi connectivity index (χ1v) is 8.53. The van der Waals surface area contributed by atoms with E-state index in [-0.39, 0.29) is 0 Å². The van der Waals surface area contributed by atoms with Crippen LogP contribution in [-0.4, -0.2) is 42.3 Å². The molecule has 1 aromatic carbocycles. The summed E-state index contributed by atoms with van der Waals surface area (Å²) in [5.41, 5.74) is 1.15. The van der Waals surface area contributed by atoms with E-state index in [0.717, 1.165) is 55.5 Å². The molecule has 2 aliphatic rings. The molecule has 1 N–H and O–H groups in total. The van der Waals surface area contributed by atoms with Crippen molar-refractivity contribution in [3.8, 4) is 11.5 Å². The zero-order chi connectivity index (χ0) is 16.2. The van der Waals surface area contributed by atoms with Crippen molar-refractivity contribution in [2.24, 2.45) is 0 Å². The van der Waals surface area contributed by atoms with E-state index in [0.29, 0.717) is 19.3 Å². The molecule has 126 valence electrons. The summed E-state index contributed by atoms with van der Waals surface area (Å²) in [6.07, 6.45) is 5.90. The minimum atomic E-state index is 0.419. The second-order valence-electron chi connectivity index (χ2n) is 6.16. The highest BCUT2D eigenvalue weighted by molar-refractivity contribution is 5.47. The van der Waals surface area contributed by atoms with Gasteiger partial charge in [0.1, 0.15) is 13.2 Å². The van der Waals surface area contributed by atoms with Crippen molar-refractivity contribution in [2.45, 2.75) is 25.4 Å². The fourth-order valence-corrected chi connectivity index (χ4v) is 3.31. The largest absolute Gasteiger partial charge is 0.486 e. The topological polar surface area (TPSA) is 59.5 Å². The molecule has 0 saturated carbocycles. The summed E-state index contributed by atoms with van der Waals surface area (Å²) >= 11 is 0. The summed E-state index contributed by atoms with van der Waals surface area (Å²) in [6.45, 7) is 3.96. The van der Waals surface area contributed by atoms with Gasteiger partial charge in [-0.2, -0.15) is 0 Å². The van der Waals surface area contributed by atoms with Crippen molar-refractivity contribution < 1.29 is 9.47 Å². The number of benzene rings is 1. The number of anilines is 1. The molecule has 2 aromatic rings. The van der Waals surface area contributed by atoms with Crippen LogP contribution in [0.25, 0.3) is 0 Å². The number of piperidine rings is 1. The molecule has 1 fully saturated rings. The summed E-state index contributed by atoms with van der Waals surface area (Å²) in [6, 6.07) is 8.36. The van der Waals surface area contributed by atoms with Gasteiger partial charge in [-0.15, -0.1) is 0 Å². The molecule has 1 saturated heterocycles. The molecule has 1 atom stereocenters. The average Bonchev–Trinajstić information content (AvgIpc) is 2.67. The van der Waals surface area contributed by atoms with Gasteiger partial charge >= 0.3 is 0 Å². The molecule has 6 heteroatoms. The van der Waals surface area contributed by atoms with Crippen LogP contribution in [0.5, 0.6) is 11.5 Å². The Balaban J connectivity index is 1.39. The first-order valence-electron chi connectivity index (χ1n) is 8.53. The van der Waals surface area contributed by atoms with Crippen LogP contribution in [0.3, 0.4) is 0 Å². The lowest BCUT2D eigenvalue weighted by Gasteiger charge is -2.33. The van der Waals surface area contributed by atoms with E-state index in [2.05, 4.69) is 26.3 Å². The van der Waals surface area contributed by atoms with Crippen molar-refractivity contribution in [2.75, 3.05) is 31.2 Å². The molecule has 24 heavy (non-hydrogen) atoms. The summed E-state index contributed by atoms with van der Waals surface area (Å²) in [7, 11) is 0. The quantitative estimate of drug-likeness (QED) is 0.927. The molecular weight excluding hydrogens is 304 g/mol. The highest BCUT2D eigenvalue weighted by atomic mass is 16.6. The van der Waals surface area contributed by atoms with Crippen LogP contribution in [-0.2, 0) is 6.54 Å². The highest BCUT2D eigenvalue weighted by Gasteiger charge is 2.22. The van der Waals surface area contributed by atoms with E-state index in [1.165, 1.54) is 0 Å². The van der Waals surface area contributed by atoms with Gasteiger partial charge in [-0.05, 0) is 25.0 Å². The summed E-state index contributed by atoms with van der Waals surface area (Å²) in [5, 5.41) is 3.65. The van der Waals surface area contributed by atoms with Crippen LogP contribution >= 0.6 is 0 Å². The predicted molar refractivity (Wildman–Crippen MR) is 91.5 cm³/mol. The fourth-order valence-electron chi connectivity index (χ4n) is 3.31. The number of para-hydroxylation sites is 1. The van der Waals surface area contributed by atoms with Crippen molar-refractivity contribution in [1.29, 1.82) is 0 Å². The Morgan fingerprint density at radius 2 is 2.00 bits per heavy atom. The van der Waals surface area contributed by atoms with E-state index >= 15 is 0 Å². The molecule has 0 amide bonds. The Hall–Kier alpha value is -2.34. The molecule has 2 aliphatic heterocycles. The van der Waals surface area contributed by atoms with Crippen LogP contribution in [0.4, 0.5) is 5.95 Å². The molecule has 0 radical (unpaired) electrons. The molecule has 0 unspecified atom stereocenters. The Morgan fingerprint density at radius 1 is 1.12 bits per heavy atom. The second kappa shape index (κ2) is 7.05. The normalized spacial score (nSPS) is 20.0. The van der Waals surface area contributed by atoms with Crippen LogP contribution in [0.2, 0.25) is 0 Å². The summed E-state index contributed by atoms with van der Waals surface area (Å²) < 4.78 is 11.4. The van der Waals surface area contributed by atoms with Crippen molar-refractivity contribution >= 4 is 5.95 Å². The maximum atomic E-state index is 5.79. The van der Waals surface area contributed by atoms with E-state index in [4.69, 9.17) is 9.47 Å². The SMILES string of the molecule is c1cnc(N2CCC[C@H](NCc3cccc4c3OCCO4)C2)nc1. The van der Waals surface area contributed by atoms with Gasteiger partial charge in [-0.25, -0.2) is 9.97 Å². The predicted octanol–water partition coefficient (Wildman–Crippen LogP) is 2.01. The molecule has 0 aliphatic carbocycles. The number of hydrogen-bond donors (Lipinski definition) is 1. The smallest absolute Gasteiger partial charge is 0.225 e. The lowest BCUT2D eigenvalue weighted by molar-refractivity contribution is 0.169. The van der Waals surface area contributed by atoms with E-state index in [1.807, 2.05) is 18.2 Å². The molecule has 4 rings (SSSR count). The van der Waals surface area contributed by atoms with Gasteiger partial charge in [0.2, 0.25) is 5.95 Å².